The lowest BCUT2D eigenvalue weighted by Crippen LogP contribution is -2.44. The molecule has 1 fully saturated rings. The topological polar surface area (TPSA) is 105 Å². The number of imide groups is 1. The van der Waals surface area contributed by atoms with E-state index < -0.39 is 22.4 Å². The largest absolute Gasteiger partial charge is 0.346 e. The second kappa shape index (κ2) is 7.59. The molecule has 30 heavy (non-hydrogen) atoms. The zero-order chi connectivity index (χ0) is 21.1. The van der Waals surface area contributed by atoms with Gasteiger partial charge in [-0.05, 0) is 17.2 Å². The van der Waals surface area contributed by atoms with Crippen molar-refractivity contribution in [2.75, 3.05) is 0 Å². The van der Waals surface area contributed by atoms with Crippen LogP contribution < -0.4 is 5.32 Å². The van der Waals surface area contributed by atoms with Crippen molar-refractivity contribution in [2.24, 2.45) is 5.10 Å². The minimum Gasteiger partial charge on any atom is -0.314 e. The number of urea groups is 1. The first kappa shape index (κ1) is 19.0. The van der Waals surface area contributed by atoms with Crippen molar-refractivity contribution in [3.63, 3.8) is 0 Å². The third kappa shape index (κ3) is 3.10. The number of carbonyl (C=O) groups is 2. The number of amides is 3. The van der Waals surface area contributed by atoms with Crippen LogP contribution >= 0.6 is 0 Å². The number of carbonyl (C=O) groups excluding carboxylic acids is 2. The van der Waals surface area contributed by atoms with Crippen LogP contribution in [0.2, 0.25) is 0 Å². The monoisotopic (exact) mass is 400 g/mol. The molecule has 3 aromatic rings. The Kier molecular flexibility index (Phi) is 4.81. The van der Waals surface area contributed by atoms with E-state index in [-0.39, 0.29) is 11.3 Å². The number of rotatable bonds is 5. The van der Waals surface area contributed by atoms with E-state index >= 15 is 0 Å². The van der Waals surface area contributed by atoms with Crippen LogP contribution in [-0.4, -0.2) is 28.1 Å². The van der Waals surface area contributed by atoms with Crippen LogP contribution in [0, 0.1) is 10.1 Å². The van der Waals surface area contributed by atoms with Gasteiger partial charge in [-0.2, -0.15) is 5.10 Å². The minimum atomic E-state index is -1.44. The van der Waals surface area contributed by atoms with Crippen molar-refractivity contribution in [1.82, 2.24) is 10.3 Å². The van der Waals surface area contributed by atoms with E-state index in [1.54, 1.807) is 54.6 Å². The van der Waals surface area contributed by atoms with Gasteiger partial charge in [0.2, 0.25) is 0 Å². The molecule has 0 saturated carbocycles. The maximum Gasteiger partial charge on any atom is 0.346 e. The second-order valence-corrected chi connectivity index (χ2v) is 6.59. The van der Waals surface area contributed by atoms with Gasteiger partial charge in [0, 0.05) is 6.07 Å². The molecule has 8 nitrogen and oxygen atoms in total. The fourth-order valence-electron chi connectivity index (χ4n) is 3.44. The van der Waals surface area contributed by atoms with Gasteiger partial charge in [-0.3, -0.25) is 14.9 Å². The normalized spacial score (nSPS) is 15.4. The van der Waals surface area contributed by atoms with Gasteiger partial charge in [-0.15, -0.1) is 5.01 Å². The van der Waals surface area contributed by atoms with Crippen LogP contribution in [0.5, 0.6) is 0 Å². The molecule has 3 amide bonds. The fourth-order valence-corrected chi connectivity index (χ4v) is 3.44. The number of benzene rings is 3. The SMILES string of the molecule is O=C1NC(c2ccccc2)(c2ccccc2)C(=O)N1/N=C\c1ccccc1[N+](=O)[O-]. The van der Waals surface area contributed by atoms with E-state index in [9.17, 15) is 19.7 Å². The van der Waals surface area contributed by atoms with Gasteiger partial charge in [0.05, 0.1) is 16.7 Å². The van der Waals surface area contributed by atoms with Crippen molar-refractivity contribution in [1.29, 1.82) is 0 Å². The van der Waals surface area contributed by atoms with E-state index in [4.69, 9.17) is 0 Å². The van der Waals surface area contributed by atoms with Gasteiger partial charge < -0.3 is 5.32 Å². The van der Waals surface area contributed by atoms with E-state index in [0.29, 0.717) is 16.1 Å². The molecule has 148 valence electrons. The highest BCUT2D eigenvalue weighted by atomic mass is 16.6. The third-order valence-corrected chi connectivity index (χ3v) is 4.86. The van der Waals surface area contributed by atoms with Gasteiger partial charge >= 0.3 is 6.03 Å². The summed E-state index contributed by atoms with van der Waals surface area (Å²) in [6.07, 6.45) is 1.14. The predicted octanol–water partition coefficient (Wildman–Crippen LogP) is 3.42. The van der Waals surface area contributed by atoms with E-state index in [1.807, 2.05) is 12.1 Å². The Bertz CT molecular complexity index is 1110. The van der Waals surface area contributed by atoms with Crippen molar-refractivity contribution in [3.05, 3.63) is 112 Å². The van der Waals surface area contributed by atoms with Gasteiger partial charge in [0.1, 0.15) is 0 Å². The van der Waals surface area contributed by atoms with Crippen molar-refractivity contribution in [3.8, 4) is 0 Å². The lowest BCUT2D eigenvalue weighted by atomic mass is 9.83. The van der Waals surface area contributed by atoms with Gasteiger partial charge in [0.25, 0.3) is 11.6 Å². The summed E-state index contributed by atoms with van der Waals surface area (Å²) < 4.78 is 0. The smallest absolute Gasteiger partial charge is 0.314 e. The highest BCUT2D eigenvalue weighted by Gasteiger charge is 2.54. The maximum atomic E-state index is 13.5. The predicted molar refractivity (Wildman–Crippen MR) is 110 cm³/mol. The van der Waals surface area contributed by atoms with Crippen LogP contribution in [0.25, 0.3) is 0 Å². The molecule has 8 heteroatoms. The Hall–Kier alpha value is -4.33. The summed E-state index contributed by atoms with van der Waals surface area (Å²) in [4.78, 5) is 36.9. The molecule has 1 aliphatic rings. The second-order valence-electron chi connectivity index (χ2n) is 6.59. The molecule has 0 radical (unpaired) electrons. The first-order chi connectivity index (χ1) is 14.5. The molecule has 0 unspecified atom stereocenters. The Morgan fingerprint density at radius 1 is 0.867 bits per heavy atom. The van der Waals surface area contributed by atoms with E-state index in [0.717, 1.165) is 6.21 Å². The summed E-state index contributed by atoms with van der Waals surface area (Å²) in [7, 11) is 0. The number of hydrogen-bond donors (Lipinski definition) is 1. The molecule has 1 aliphatic heterocycles. The summed E-state index contributed by atoms with van der Waals surface area (Å²) in [6.45, 7) is 0. The van der Waals surface area contributed by atoms with Crippen LogP contribution in [0.15, 0.2) is 90.0 Å². The number of hydrazone groups is 1. The zero-order valence-electron chi connectivity index (χ0n) is 15.6. The number of para-hydroxylation sites is 1. The maximum absolute atomic E-state index is 13.5. The zero-order valence-corrected chi connectivity index (χ0v) is 15.6. The number of hydrogen-bond acceptors (Lipinski definition) is 5. The number of nitro groups is 1. The number of nitrogens with one attached hydrogen (secondary N) is 1. The van der Waals surface area contributed by atoms with Crippen molar-refractivity contribution < 1.29 is 14.5 Å². The highest BCUT2D eigenvalue weighted by molar-refractivity contribution is 6.10. The van der Waals surface area contributed by atoms with Crippen LogP contribution in [0.4, 0.5) is 10.5 Å². The lowest BCUT2D eigenvalue weighted by Gasteiger charge is -2.27. The van der Waals surface area contributed by atoms with Gasteiger partial charge in [0.15, 0.2) is 5.54 Å². The molecule has 3 aromatic carbocycles. The van der Waals surface area contributed by atoms with Gasteiger partial charge in [-0.25, -0.2) is 4.79 Å². The van der Waals surface area contributed by atoms with E-state index in [2.05, 4.69) is 10.4 Å². The summed E-state index contributed by atoms with van der Waals surface area (Å²) in [6, 6.07) is 23.0. The number of nitro benzene ring substituents is 1. The van der Waals surface area contributed by atoms with E-state index in [1.165, 1.54) is 18.2 Å². The minimum absolute atomic E-state index is 0.175. The number of nitrogens with zero attached hydrogens (tertiary/aromatic N) is 3. The molecule has 1 heterocycles. The van der Waals surface area contributed by atoms with Crippen molar-refractivity contribution >= 4 is 23.8 Å². The molecule has 1 N–H and O–H groups in total. The van der Waals surface area contributed by atoms with Gasteiger partial charge in [-0.1, -0.05) is 72.8 Å². The summed E-state index contributed by atoms with van der Waals surface area (Å²) >= 11 is 0. The summed E-state index contributed by atoms with van der Waals surface area (Å²) in [5, 5.41) is 18.7. The van der Waals surface area contributed by atoms with Crippen LogP contribution in [0.1, 0.15) is 16.7 Å². The molecule has 4 rings (SSSR count). The van der Waals surface area contributed by atoms with Crippen molar-refractivity contribution in [2.45, 2.75) is 5.54 Å². The Labute approximate surface area is 171 Å². The molecular weight excluding hydrogens is 384 g/mol. The molecule has 0 spiro atoms. The molecule has 1 saturated heterocycles. The summed E-state index contributed by atoms with van der Waals surface area (Å²) in [5.74, 6) is -0.597. The Balaban J connectivity index is 1.78. The first-order valence-electron chi connectivity index (χ1n) is 9.09. The molecule has 0 aromatic heterocycles. The van der Waals surface area contributed by atoms with Crippen LogP contribution in [0.3, 0.4) is 0 Å². The fraction of sp³-hybridized carbons (Fsp3) is 0.0455. The highest BCUT2D eigenvalue weighted by Crippen LogP contribution is 2.36. The Morgan fingerprint density at radius 2 is 1.40 bits per heavy atom. The molecular formula is C22H16N4O4. The quantitative estimate of drug-likeness (QED) is 0.307. The average Bonchev–Trinajstić information content (AvgIpc) is 3.04. The molecule has 0 bridgehead atoms. The standard InChI is InChI=1S/C22H16N4O4/c27-20-22(17-10-3-1-4-11-17,18-12-5-2-6-13-18)24-21(28)25(20)23-15-16-9-7-8-14-19(16)26(29)30/h1-15H,(H,24,28)/b23-15-. The lowest BCUT2D eigenvalue weighted by molar-refractivity contribution is -0.385. The third-order valence-electron chi connectivity index (χ3n) is 4.86. The average molecular weight is 400 g/mol. The summed E-state index contributed by atoms with van der Waals surface area (Å²) in [5.41, 5.74) is -0.277. The first-order valence-corrected chi connectivity index (χ1v) is 9.09. The van der Waals surface area contributed by atoms with Crippen LogP contribution in [-0.2, 0) is 10.3 Å². The Morgan fingerprint density at radius 3 is 1.97 bits per heavy atom. The molecule has 0 atom stereocenters. The molecule has 0 aliphatic carbocycles.